The Labute approximate surface area is 157 Å². The van der Waals surface area contributed by atoms with Gasteiger partial charge in [-0.25, -0.2) is 13.6 Å². The van der Waals surface area contributed by atoms with Crippen molar-refractivity contribution in [2.45, 2.75) is 37.6 Å². The number of ether oxygens (including phenoxy) is 2. The van der Waals surface area contributed by atoms with Crippen LogP contribution in [0.1, 0.15) is 30.4 Å². The summed E-state index contributed by atoms with van der Waals surface area (Å²) in [5, 5.41) is 5.36. The van der Waals surface area contributed by atoms with E-state index in [1.165, 1.54) is 24.3 Å². The molecule has 148 valence electrons. The van der Waals surface area contributed by atoms with E-state index < -0.39 is 29.5 Å². The molecule has 1 heterocycles. The Balaban J connectivity index is 1.41. The minimum atomic E-state index is -3.71. The maximum Gasteiger partial charge on any atom is 0.586 e. The number of benzene rings is 2. The van der Waals surface area contributed by atoms with Crippen LogP contribution in [0.4, 0.5) is 22.4 Å². The Kier molecular flexibility index (Phi) is 4.32. The van der Waals surface area contributed by atoms with E-state index >= 15 is 0 Å². The molecule has 2 aliphatic rings. The first-order valence-corrected chi connectivity index (χ1v) is 8.67. The lowest BCUT2D eigenvalue weighted by molar-refractivity contribution is -0.286. The number of carbonyl (C=O) groups is 1. The minimum Gasteiger partial charge on any atom is -0.395 e. The predicted octanol–water partition coefficient (Wildman–Crippen LogP) is 4.16. The average Bonchev–Trinajstić information content (AvgIpc) is 2.90. The first kappa shape index (κ1) is 18.4. The normalized spacial score (nSPS) is 18.3. The second-order valence-corrected chi connectivity index (χ2v) is 6.82. The molecule has 0 aromatic heterocycles. The molecule has 1 saturated carbocycles. The van der Waals surface area contributed by atoms with Crippen molar-refractivity contribution in [3.63, 3.8) is 0 Å². The maximum absolute atomic E-state index is 14.2. The number of urea groups is 1. The largest absolute Gasteiger partial charge is 0.586 e. The quantitative estimate of drug-likeness (QED) is 0.763. The fourth-order valence-corrected chi connectivity index (χ4v) is 3.42. The van der Waals surface area contributed by atoms with Gasteiger partial charge < -0.3 is 20.1 Å². The summed E-state index contributed by atoms with van der Waals surface area (Å²) < 4.78 is 62.1. The van der Waals surface area contributed by atoms with Crippen LogP contribution >= 0.6 is 0 Å². The molecule has 0 bridgehead atoms. The zero-order valence-electron chi connectivity index (χ0n) is 14.5. The van der Waals surface area contributed by atoms with Crippen molar-refractivity contribution in [1.29, 1.82) is 0 Å². The zero-order chi connectivity index (χ0) is 19.9. The lowest BCUT2D eigenvalue weighted by Crippen LogP contribution is -2.54. The van der Waals surface area contributed by atoms with Gasteiger partial charge >= 0.3 is 12.3 Å². The van der Waals surface area contributed by atoms with Crippen molar-refractivity contribution < 1.29 is 31.8 Å². The van der Waals surface area contributed by atoms with Crippen molar-refractivity contribution in [2.75, 3.05) is 0 Å². The number of amides is 2. The van der Waals surface area contributed by atoms with Gasteiger partial charge in [0, 0.05) is 18.2 Å². The molecule has 2 aromatic carbocycles. The third-order valence-electron chi connectivity index (χ3n) is 4.93. The molecule has 0 unspecified atom stereocenters. The molecule has 0 radical (unpaired) electrons. The van der Waals surface area contributed by atoms with E-state index in [1.807, 2.05) is 0 Å². The van der Waals surface area contributed by atoms with Gasteiger partial charge in [-0.15, -0.1) is 8.78 Å². The Morgan fingerprint density at radius 1 is 1.04 bits per heavy atom. The van der Waals surface area contributed by atoms with Gasteiger partial charge in [0.2, 0.25) is 0 Å². The van der Waals surface area contributed by atoms with Crippen LogP contribution in [-0.4, -0.2) is 12.3 Å². The fraction of sp³-hybridized carbons (Fsp3) is 0.316. The van der Waals surface area contributed by atoms with E-state index in [-0.39, 0.29) is 23.6 Å². The number of nitrogens with one attached hydrogen (secondary N) is 2. The van der Waals surface area contributed by atoms with Gasteiger partial charge in [0.15, 0.2) is 11.5 Å². The van der Waals surface area contributed by atoms with E-state index in [0.29, 0.717) is 18.4 Å². The van der Waals surface area contributed by atoms with E-state index in [1.54, 1.807) is 0 Å². The number of carbonyl (C=O) groups excluding carboxylic acids is 1. The van der Waals surface area contributed by atoms with Gasteiger partial charge in [-0.3, -0.25) is 0 Å². The number of rotatable bonds is 4. The monoisotopic (exact) mass is 396 g/mol. The molecular weight excluding hydrogens is 380 g/mol. The first-order chi connectivity index (χ1) is 13.3. The van der Waals surface area contributed by atoms with Crippen molar-refractivity contribution >= 4 is 6.03 Å². The number of halogens is 4. The SMILES string of the molecule is O=C(NCc1ccc2c(c1)OC(F)(F)O2)NC1(c2ccc(F)cc2F)CCC1. The Bertz CT molecular complexity index is 931. The summed E-state index contributed by atoms with van der Waals surface area (Å²) in [7, 11) is 0. The van der Waals surface area contributed by atoms with Crippen LogP contribution in [0, 0.1) is 11.6 Å². The lowest BCUT2D eigenvalue weighted by atomic mass is 9.71. The summed E-state index contributed by atoms with van der Waals surface area (Å²) in [5.74, 6) is -1.60. The molecule has 0 spiro atoms. The lowest BCUT2D eigenvalue weighted by Gasteiger charge is -2.43. The molecule has 1 aliphatic heterocycles. The first-order valence-electron chi connectivity index (χ1n) is 8.67. The molecule has 28 heavy (non-hydrogen) atoms. The summed E-state index contributed by atoms with van der Waals surface area (Å²) in [6.45, 7) is 0.0377. The smallest absolute Gasteiger partial charge is 0.395 e. The molecule has 2 aromatic rings. The van der Waals surface area contributed by atoms with E-state index in [4.69, 9.17) is 0 Å². The van der Waals surface area contributed by atoms with Crippen LogP contribution in [0.3, 0.4) is 0 Å². The van der Waals surface area contributed by atoms with E-state index in [2.05, 4.69) is 20.1 Å². The summed E-state index contributed by atoms with van der Waals surface area (Å²) in [6.07, 6.45) is -1.85. The van der Waals surface area contributed by atoms with Crippen molar-refractivity contribution in [2.24, 2.45) is 0 Å². The second kappa shape index (κ2) is 6.57. The van der Waals surface area contributed by atoms with E-state index in [9.17, 15) is 22.4 Å². The number of hydrogen-bond donors (Lipinski definition) is 2. The summed E-state index contributed by atoms with van der Waals surface area (Å²) in [5.41, 5.74) is -0.134. The van der Waals surface area contributed by atoms with Gasteiger partial charge in [0.1, 0.15) is 11.6 Å². The van der Waals surface area contributed by atoms with Gasteiger partial charge in [0.25, 0.3) is 0 Å². The third kappa shape index (κ3) is 3.44. The highest BCUT2D eigenvalue weighted by Gasteiger charge is 2.44. The Morgan fingerprint density at radius 2 is 1.79 bits per heavy atom. The highest BCUT2D eigenvalue weighted by Crippen LogP contribution is 2.43. The fourth-order valence-electron chi connectivity index (χ4n) is 3.42. The van der Waals surface area contributed by atoms with Gasteiger partial charge in [0.05, 0.1) is 5.54 Å². The van der Waals surface area contributed by atoms with Crippen LogP contribution in [0.25, 0.3) is 0 Å². The number of hydrogen-bond acceptors (Lipinski definition) is 3. The average molecular weight is 396 g/mol. The van der Waals surface area contributed by atoms with Gasteiger partial charge in [-0.05, 0) is 43.0 Å². The van der Waals surface area contributed by atoms with Crippen LogP contribution in [0.15, 0.2) is 36.4 Å². The summed E-state index contributed by atoms with van der Waals surface area (Å²) in [6, 6.07) is 6.91. The molecule has 0 saturated heterocycles. The third-order valence-corrected chi connectivity index (χ3v) is 4.93. The van der Waals surface area contributed by atoms with Crippen molar-refractivity contribution in [3.05, 3.63) is 59.2 Å². The summed E-state index contributed by atoms with van der Waals surface area (Å²) >= 11 is 0. The zero-order valence-corrected chi connectivity index (χ0v) is 14.5. The Hall–Kier alpha value is -2.97. The van der Waals surface area contributed by atoms with Gasteiger partial charge in [-0.2, -0.15) is 0 Å². The number of fused-ring (bicyclic) bond motifs is 1. The Morgan fingerprint density at radius 3 is 2.46 bits per heavy atom. The molecular formula is C19H16F4N2O3. The molecule has 0 atom stereocenters. The number of alkyl halides is 2. The highest BCUT2D eigenvalue weighted by molar-refractivity contribution is 5.75. The topological polar surface area (TPSA) is 59.6 Å². The van der Waals surface area contributed by atoms with Gasteiger partial charge in [-0.1, -0.05) is 12.1 Å². The molecule has 1 fully saturated rings. The van der Waals surface area contributed by atoms with Crippen LogP contribution in [-0.2, 0) is 12.1 Å². The summed E-state index contributed by atoms with van der Waals surface area (Å²) in [4.78, 5) is 12.3. The molecule has 9 heteroatoms. The highest BCUT2D eigenvalue weighted by atomic mass is 19.3. The minimum absolute atomic E-state index is 0.0377. The molecule has 2 amide bonds. The van der Waals surface area contributed by atoms with Crippen LogP contribution in [0.5, 0.6) is 11.5 Å². The molecule has 1 aliphatic carbocycles. The standard InChI is InChI=1S/C19H16F4N2O3/c20-12-3-4-13(14(21)9-12)18(6-1-7-18)25-17(26)24-10-11-2-5-15-16(8-11)28-19(22,23)27-15/h2-5,8-9H,1,6-7,10H2,(H2,24,25,26). The van der Waals surface area contributed by atoms with Crippen molar-refractivity contribution in [1.82, 2.24) is 10.6 Å². The molecule has 2 N–H and O–H groups in total. The van der Waals surface area contributed by atoms with Crippen molar-refractivity contribution in [3.8, 4) is 11.5 Å². The predicted molar refractivity (Wildman–Crippen MR) is 89.9 cm³/mol. The molecule has 4 rings (SSSR count). The van der Waals surface area contributed by atoms with Crippen LogP contribution in [0.2, 0.25) is 0 Å². The maximum atomic E-state index is 14.2. The molecule has 5 nitrogen and oxygen atoms in total. The van der Waals surface area contributed by atoms with Crippen LogP contribution < -0.4 is 20.1 Å². The second-order valence-electron chi connectivity index (χ2n) is 6.82. The van der Waals surface area contributed by atoms with E-state index in [0.717, 1.165) is 18.6 Å².